The summed E-state index contributed by atoms with van der Waals surface area (Å²) in [7, 11) is -1.58. The highest BCUT2D eigenvalue weighted by Crippen LogP contribution is 2.23. The molecular weight excluding hydrogens is 504 g/mol. The summed E-state index contributed by atoms with van der Waals surface area (Å²) in [5.41, 5.74) is 2.49. The average molecular weight is 535 g/mol. The van der Waals surface area contributed by atoms with E-state index < -0.39 is 22.2 Å². The number of fused-ring (bicyclic) bond motifs is 1. The predicted molar refractivity (Wildman–Crippen MR) is 148 cm³/mol. The smallest absolute Gasteiger partial charge is 0.252 e. The Morgan fingerprint density at radius 1 is 0.974 bits per heavy atom. The predicted octanol–water partition coefficient (Wildman–Crippen LogP) is 2.10. The van der Waals surface area contributed by atoms with Gasteiger partial charge in [0.05, 0.1) is 23.8 Å². The van der Waals surface area contributed by atoms with Crippen molar-refractivity contribution in [2.24, 2.45) is 0 Å². The molecular formula is C27H30N6O4S. The average Bonchev–Trinajstić information content (AvgIpc) is 2.91. The van der Waals surface area contributed by atoms with Crippen molar-refractivity contribution in [1.82, 2.24) is 19.4 Å². The Kier molecular flexibility index (Phi) is 7.41. The summed E-state index contributed by atoms with van der Waals surface area (Å²) < 4.78 is 26.8. The molecule has 11 heteroatoms. The molecule has 0 atom stereocenters. The van der Waals surface area contributed by atoms with Crippen LogP contribution in [-0.4, -0.2) is 78.5 Å². The van der Waals surface area contributed by atoms with Crippen LogP contribution in [0.2, 0.25) is 0 Å². The molecule has 3 heterocycles. The van der Waals surface area contributed by atoms with E-state index in [1.165, 1.54) is 16.7 Å². The maximum atomic E-state index is 12.9. The Balaban J connectivity index is 1.43. The van der Waals surface area contributed by atoms with Gasteiger partial charge in [0.25, 0.3) is 5.56 Å². The molecule has 0 aliphatic carbocycles. The number of sulfone groups is 1. The first kappa shape index (κ1) is 25.8. The molecule has 0 amide bonds. The summed E-state index contributed by atoms with van der Waals surface area (Å²) in [4.78, 5) is 26.7. The third kappa shape index (κ3) is 5.54. The van der Waals surface area contributed by atoms with Crippen LogP contribution in [0.3, 0.4) is 0 Å². The SMILES string of the molecule is CN1CCN(c2ccc(Nc3ncc4ccc(=O)n(Cc5ccccc5S(=O)(=O)CCO)c4n3)cc2)CC1. The number of likely N-dealkylation sites (N-methyl/N-ethyl adjacent to an activating group) is 1. The molecule has 1 saturated heterocycles. The second kappa shape index (κ2) is 10.9. The number of nitrogens with zero attached hydrogens (tertiary/aromatic N) is 5. The van der Waals surface area contributed by atoms with Crippen LogP contribution in [0.1, 0.15) is 5.56 Å². The Hall–Kier alpha value is -3.80. The van der Waals surface area contributed by atoms with E-state index in [9.17, 15) is 18.3 Å². The molecule has 10 nitrogen and oxygen atoms in total. The number of benzene rings is 2. The lowest BCUT2D eigenvalue weighted by Gasteiger charge is -2.34. The summed E-state index contributed by atoms with van der Waals surface area (Å²) in [5.74, 6) is -0.0662. The number of rotatable bonds is 8. The van der Waals surface area contributed by atoms with Gasteiger partial charge >= 0.3 is 0 Å². The van der Waals surface area contributed by atoms with Gasteiger partial charge in [-0.05, 0) is 49.0 Å². The van der Waals surface area contributed by atoms with E-state index >= 15 is 0 Å². The minimum atomic E-state index is -3.71. The van der Waals surface area contributed by atoms with Gasteiger partial charge in [-0.15, -0.1) is 0 Å². The van der Waals surface area contributed by atoms with Crippen LogP contribution in [-0.2, 0) is 16.4 Å². The molecule has 1 aliphatic heterocycles. The Morgan fingerprint density at radius 2 is 1.71 bits per heavy atom. The van der Waals surface area contributed by atoms with Crippen molar-refractivity contribution in [2.45, 2.75) is 11.4 Å². The van der Waals surface area contributed by atoms with Crippen molar-refractivity contribution in [3.63, 3.8) is 0 Å². The zero-order chi connectivity index (χ0) is 26.7. The van der Waals surface area contributed by atoms with Crippen molar-refractivity contribution >= 4 is 38.2 Å². The minimum Gasteiger partial charge on any atom is -0.395 e. The number of nitrogens with one attached hydrogen (secondary N) is 1. The second-order valence-electron chi connectivity index (χ2n) is 9.34. The lowest BCUT2D eigenvalue weighted by atomic mass is 10.2. The van der Waals surface area contributed by atoms with Gasteiger partial charge in [0.15, 0.2) is 9.84 Å². The van der Waals surface area contributed by atoms with E-state index in [0.29, 0.717) is 22.5 Å². The number of hydrogen-bond donors (Lipinski definition) is 2. The lowest BCUT2D eigenvalue weighted by Crippen LogP contribution is -2.44. The van der Waals surface area contributed by atoms with Gasteiger partial charge in [-0.25, -0.2) is 13.4 Å². The van der Waals surface area contributed by atoms with Gasteiger partial charge in [0.1, 0.15) is 5.65 Å². The zero-order valence-corrected chi connectivity index (χ0v) is 21.9. The van der Waals surface area contributed by atoms with E-state index in [4.69, 9.17) is 0 Å². The molecule has 2 N–H and O–H groups in total. The zero-order valence-electron chi connectivity index (χ0n) is 21.1. The third-order valence-electron chi connectivity index (χ3n) is 6.71. The van der Waals surface area contributed by atoms with Crippen LogP contribution in [0.4, 0.5) is 17.3 Å². The molecule has 1 fully saturated rings. The largest absolute Gasteiger partial charge is 0.395 e. The van der Waals surface area contributed by atoms with Crippen LogP contribution in [0.5, 0.6) is 0 Å². The summed E-state index contributed by atoms with van der Waals surface area (Å²) in [6, 6.07) is 17.6. The van der Waals surface area contributed by atoms with E-state index in [1.54, 1.807) is 30.5 Å². The molecule has 198 valence electrons. The van der Waals surface area contributed by atoms with Crippen molar-refractivity contribution in [2.75, 3.05) is 55.8 Å². The molecule has 0 saturated carbocycles. The van der Waals surface area contributed by atoms with E-state index in [1.807, 2.05) is 12.1 Å². The summed E-state index contributed by atoms with van der Waals surface area (Å²) in [6.45, 7) is 3.56. The molecule has 0 radical (unpaired) electrons. The Morgan fingerprint density at radius 3 is 2.45 bits per heavy atom. The molecule has 2 aromatic carbocycles. The summed E-state index contributed by atoms with van der Waals surface area (Å²) in [5, 5.41) is 13.1. The van der Waals surface area contributed by atoms with Crippen LogP contribution < -0.4 is 15.8 Å². The van der Waals surface area contributed by atoms with Crippen molar-refractivity contribution in [3.8, 4) is 0 Å². The number of hydrogen-bond acceptors (Lipinski definition) is 9. The first-order valence-corrected chi connectivity index (χ1v) is 14.1. The number of pyridine rings is 1. The summed E-state index contributed by atoms with van der Waals surface area (Å²) >= 11 is 0. The van der Waals surface area contributed by atoms with Gasteiger partial charge in [0, 0.05) is 55.2 Å². The van der Waals surface area contributed by atoms with Crippen molar-refractivity contribution < 1.29 is 13.5 Å². The van der Waals surface area contributed by atoms with E-state index in [-0.39, 0.29) is 17.0 Å². The maximum Gasteiger partial charge on any atom is 0.252 e. The van der Waals surface area contributed by atoms with Gasteiger partial charge < -0.3 is 20.2 Å². The fourth-order valence-electron chi connectivity index (χ4n) is 4.57. The molecule has 38 heavy (non-hydrogen) atoms. The highest BCUT2D eigenvalue weighted by molar-refractivity contribution is 7.91. The lowest BCUT2D eigenvalue weighted by molar-refractivity contribution is 0.313. The number of piperazine rings is 1. The summed E-state index contributed by atoms with van der Waals surface area (Å²) in [6.07, 6.45) is 1.63. The number of aliphatic hydroxyl groups excluding tert-OH is 1. The number of anilines is 3. The van der Waals surface area contributed by atoms with E-state index in [0.717, 1.165) is 37.6 Å². The third-order valence-corrected chi connectivity index (χ3v) is 8.50. The Bertz CT molecular complexity index is 1600. The fraction of sp³-hybridized carbons (Fsp3) is 0.296. The first-order valence-electron chi connectivity index (χ1n) is 12.4. The molecule has 1 aliphatic rings. The fourth-order valence-corrected chi connectivity index (χ4v) is 5.85. The first-order chi connectivity index (χ1) is 18.3. The van der Waals surface area contributed by atoms with E-state index in [2.05, 4.69) is 44.3 Å². The van der Waals surface area contributed by atoms with Crippen LogP contribution in [0.25, 0.3) is 11.0 Å². The molecule has 5 rings (SSSR count). The standard InChI is InChI=1S/C27H30N6O4S/c1-31-12-14-32(15-13-31)23-9-7-22(8-10-23)29-27-28-18-20-6-11-25(35)33(26(20)30-27)19-21-4-2-3-5-24(21)38(36,37)17-16-34/h2-11,18,34H,12-17,19H2,1H3,(H,28,29,30). The normalized spacial score (nSPS) is 14.6. The van der Waals surface area contributed by atoms with Crippen molar-refractivity contribution in [3.05, 3.63) is 82.8 Å². The molecule has 0 bridgehead atoms. The van der Waals surface area contributed by atoms with Gasteiger partial charge in [0.2, 0.25) is 5.95 Å². The van der Waals surface area contributed by atoms with Crippen molar-refractivity contribution in [1.29, 1.82) is 0 Å². The van der Waals surface area contributed by atoms with Crippen LogP contribution in [0.15, 0.2) is 76.6 Å². The molecule has 0 unspecified atom stereocenters. The molecule has 2 aromatic heterocycles. The monoisotopic (exact) mass is 534 g/mol. The number of aromatic nitrogens is 3. The van der Waals surface area contributed by atoms with Gasteiger partial charge in [-0.2, -0.15) is 4.98 Å². The maximum absolute atomic E-state index is 12.9. The van der Waals surface area contributed by atoms with Crippen LogP contribution in [0, 0.1) is 0 Å². The minimum absolute atomic E-state index is 0.00712. The quantitative estimate of drug-likeness (QED) is 0.350. The van der Waals surface area contributed by atoms with Gasteiger partial charge in [-0.3, -0.25) is 9.36 Å². The van der Waals surface area contributed by atoms with Crippen LogP contribution >= 0.6 is 0 Å². The topological polar surface area (TPSA) is 121 Å². The van der Waals surface area contributed by atoms with Gasteiger partial charge in [-0.1, -0.05) is 18.2 Å². The highest BCUT2D eigenvalue weighted by Gasteiger charge is 2.19. The molecule has 4 aromatic rings. The molecule has 0 spiro atoms. The Labute approximate surface area is 221 Å². The second-order valence-corrected chi connectivity index (χ2v) is 11.4. The number of aliphatic hydroxyl groups is 1. The highest BCUT2D eigenvalue weighted by atomic mass is 32.2.